The van der Waals surface area contributed by atoms with Crippen molar-refractivity contribution < 1.29 is 23.4 Å². The Morgan fingerprint density at radius 2 is 1.87 bits per heavy atom. The van der Waals surface area contributed by atoms with Crippen molar-refractivity contribution in [3.8, 4) is 22.9 Å². The predicted molar refractivity (Wildman–Crippen MR) is 179 cm³/mol. The van der Waals surface area contributed by atoms with Crippen molar-refractivity contribution in [1.29, 1.82) is 0 Å². The van der Waals surface area contributed by atoms with Gasteiger partial charge < -0.3 is 14.7 Å². The molecule has 1 aromatic heterocycles. The third-order valence-corrected chi connectivity index (χ3v) is 11.3. The fraction of sp³-hybridized carbons (Fsp3) is 0.541. The van der Waals surface area contributed by atoms with Crippen molar-refractivity contribution in [3.05, 3.63) is 59.0 Å². The summed E-state index contributed by atoms with van der Waals surface area (Å²) in [5, 5.41) is 11.5. The predicted octanol–water partition coefficient (Wildman–Crippen LogP) is 8.08. The largest absolute Gasteiger partial charge is 0.508 e. The fourth-order valence-electron chi connectivity index (χ4n) is 8.87. The molecule has 8 rings (SSSR count). The molecule has 0 spiro atoms. The maximum absolute atomic E-state index is 16.8. The van der Waals surface area contributed by atoms with E-state index in [1.54, 1.807) is 12.1 Å². The minimum absolute atomic E-state index is 0.0189. The molecule has 5 heterocycles. The second-order valence-electron chi connectivity index (χ2n) is 13.7. The molecule has 2 bridgehead atoms. The number of hydrogen-bond donors (Lipinski definition) is 1. The number of ether oxygens (including phenoxy) is 1. The van der Waals surface area contributed by atoms with Gasteiger partial charge >= 0.3 is 6.01 Å². The Morgan fingerprint density at radius 3 is 2.57 bits per heavy atom. The Labute approximate surface area is 280 Å². The van der Waals surface area contributed by atoms with Gasteiger partial charge in [0.25, 0.3) is 0 Å². The molecule has 2 aromatic carbocycles. The number of carbonyl (C=O) groups is 1. The minimum atomic E-state index is -0.893. The van der Waals surface area contributed by atoms with Gasteiger partial charge in [-0.1, -0.05) is 44.2 Å². The summed E-state index contributed by atoms with van der Waals surface area (Å²) < 4.78 is 37.6. The highest BCUT2D eigenvalue weighted by Gasteiger charge is 2.49. The molecule has 4 atom stereocenters. The van der Waals surface area contributed by atoms with Crippen LogP contribution in [0, 0.1) is 5.82 Å². The molecule has 7 nitrogen and oxygen atoms in total. The molecule has 4 aliphatic heterocycles. The second-order valence-corrected chi connectivity index (χ2v) is 14.2. The first-order valence-corrected chi connectivity index (χ1v) is 17.6. The van der Waals surface area contributed by atoms with Gasteiger partial charge in [0.2, 0.25) is 5.91 Å². The third kappa shape index (κ3) is 5.67. The van der Waals surface area contributed by atoms with Crippen LogP contribution < -0.4 is 4.74 Å². The summed E-state index contributed by atoms with van der Waals surface area (Å²) in [6.45, 7) is 9.19. The summed E-state index contributed by atoms with van der Waals surface area (Å²) in [7, 11) is 0. The minimum Gasteiger partial charge on any atom is -0.508 e. The van der Waals surface area contributed by atoms with Crippen LogP contribution in [0.25, 0.3) is 22.0 Å². The van der Waals surface area contributed by atoms with E-state index in [0.29, 0.717) is 47.3 Å². The first kappa shape index (κ1) is 32.3. The van der Waals surface area contributed by atoms with E-state index < -0.39 is 17.5 Å². The van der Waals surface area contributed by atoms with Crippen molar-refractivity contribution in [2.75, 3.05) is 19.7 Å². The van der Waals surface area contributed by atoms with Crippen molar-refractivity contribution in [1.82, 2.24) is 19.8 Å². The first-order chi connectivity index (χ1) is 22.7. The lowest BCUT2D eigenvalue weighted by Gasteiger charge is -2.38. The summed E-state index contributed by atoms with van der Waals surface area (Å²) in [6.07, 6.45) is 7.90. The van der Waals surface area contributed by atoms with Gasteiger partial charge in [0.15, 0.2) is 5.82 Å². The van der Waals surface area contributed by atoms with E-state index in [1.807, 2.05) is 24.8 Å². The SMILES string of the molecule is C=CC(=O)N1C2CCC1CC(c1nc(OCC34CCCN3CC(F)C4)nc3c(F)c(-c4cc(O)cc(Cl)c4C4CC4)ccc13)C2.CC. The van der Waals surface area contributed by atoms with Crippen LogP contribution >= 0.6 is 11.6 Å². The number of carbonyl (C=O) groups excluding carboxylic acids is 1. The van der Waals surface area contributed by atoms with Gasteiger partial charge in [-0.05, 0) is 93.2 Å². The molecule has 0 radical (unpaired) electrons. The smallest absolute Gasteiger partial charge is 0.317 e. The zero-order valence-electron chi connectivity index (χ0n) is 27.2. The molecule has 47 heavy (non-hydrogen) atoms. The number of fused-ring (bicyclic) bond motifs is 4. The van der Waals surface area contributed by atoms with Crippen LogP contribution in [-0.4, -0.2) is 74.3 Å². The number of alkyl halides is 1. The number of amides is 1. The number of benzene rings is 2. The maximum atomic E-state index is 16.8. The van der Waals surface area contributed by atoms with Gasteiger partial charge in [0.1, 0.15) is 24.0 Å². The quantitative estimate of drug-likeness (QED) is 0.257. The van der Waals surface area contributed by atoms with E-state index in [1.165, 1.54) is 12.1 Å². The molecule has 250 valence electrons. The van der Waals surface area contributed by atoms with Crippen molar-refractivity contribution in [2.45, 2.75) is 107 Å². The molecule has 3 aromatic rings. The first-order valence-electron chi connectivity index (χ1n) is 17.2. The van der Waals surface area contributed by atoms with Crippen molar-refractivity contribution >= 4 is 28.4 Å². The molecule has 1 saturated carbocycles. The topological polar surface area (TPSA) is 78.8 Å². The van der Waals surface area contributed by atoms with E-state index in [2.05, 4.69) is 16.5 Å². The zero-order chi connectivity index (χ0) is 33.0. The maximum Gasteiger partial charge on any atom is 0.317 e. The highest BCUT2D eigenvalue weighted by atomic mass is 35.5. The van der Waals surface area contributed by atoms with Crippen molar-refractivity contribution in [3.63, 3.8) is 0 Å². The summed E-state index contributed by atoms with van der Waals surface area (Å²) in [5.74, 6) is -0.383. The lowest BCUT2D eigenvalue weighted by atomic mass is 9.85. The summed E-state index contributed by atoms with van der Waals surface area (Å²) >= 11 is 6.58. The van der Waals surface area contributed by atoms with Crippen LogP contribution in [0.5, 0.6) is 11.8 Å². The highest BCUT2D eigenvalue weighted by molar-refractivity contribution is 6.32. The molecule has 10 heteroatoms. The van der Waals surface area contributed by atoms with Crippen LogP contribution in [0.15, 0.2) is 36.9 Å². The number of piperidine rings is 1. The molecule has 4 unspecified atom stereocenters. The van der Waals surface area contributed by atoms with Crippen LogP contribution in [0.1, 0.15) is 94.7 Å². The standard InChI is InChI=1S/C35H37ClF2N4O3.C2H6/c1-2-29(44)42-22-6-7-23(42)13-20(12-22)32-26-9-8-25(27-14-24(43)15-28(36)30(27)19-4-5-19)31(38)33(26)40-34(39-32)45-18-35-10-3-11-41(35)17-21(37)16-35;1-2/h2,8-9,14-15,19-23,43H,1,3-7,10-13,16-18H2;1-2H3. The van der Waals surface area contributed by atoms with E-state index in [9.17, 15) is 14.3 Å². The van der Waals surface area contributed by atoms with Gasteiger partial charge in [-0.3, -0.25) is 9.69 Å². The molecule has 5 fully saturated rings. The fourth-order valence-corrected chi connectivity index (χ4v) is 9.24. The van der Waals surface area contributed by atoms with Gasteiger partial charge in [-0.15, -0.1) is 0 Å². The Morgan fingerprint density at radius 1 is 1.13 bits per heavy atom. The number of aromatic nitrogens is 2. The number of phenols is 1. The number of aromatic hydroxyl groups is 1. The molecule has 4 saturated heterocycles. The molecule has 5 aliphatic rings. The monoisotopic (exact) mass is 664 g/mol. The van der Waals surface area contributed by atoms with E-state index >= 15 is 4.39 Å². The summed E-state index contributed by atoms with van der Waals surface area (Å²) in [5.41, 5.74) is 2.21. The van der Waals surface area contributed by atoms with Gasteiger partial charge in [0, 0.05) is 46.9 Å². The Bertz CT molecular complexity index is 1700. The molecule has 1 aliphatic carbocycles. The number of phenolic OH excluding ortho intramolecular Hbond substituents is 1. The Kier molecular flexibility index (Phi) is 8.66. The van der Waals surface area contributed by atoms with E-state index in [-0.39, 0.29) is 53.7 Å². The van der Waals surface area contributed by atoms with E-state index in [0.717, 1.165) is 56.3 Å². The lowest BCUT2D eigenvalue weighted by molar-refractivity contribution is -0.130. The third-order valence-electron chi connectivity index (χ3n) is 11.0. The summed E-state index contributed by atoms with van der Waals surface area (Å²) in [6, 6.07) is 6.92. The lowest BCUT2D eigenvalue weighted by Crippen LogP contribution is -2.45. The van der Waals surface area contributed by atoms with E-state index in [4.69, 9.17) is 21.3 Å². The molecular formula is C37H43ClF2N4O3. The Balaban J connectivity index is 0.00000172. The second kappa shape index (κ2) is 12.6. The van der Waals surface area contributed by atoms with Crippen LogP contribution in [0.4, 0.5) is 8.78 Å². The number of hydrogen-bond acceptors (Lipinski definition) is 6. The van der Waals surface area contributed by atoms with Gasteiger partial charge in [0.05, 0.1) is 11.2 Å². The van der Waals surface area contributed by atoms with Gasteiger partial charge in [-0.25, -0.2) is 8.78 Å². The average molecular weight is 665 g/mol. The summed E-state index contributed by atoms with van der Waals surface area (Å²) in [4.78, 5) is 26.4. The van der Waals surface area contributed by atoms with Crippen LogP contribution in [0.2, 0.25) is 5.02 Å². The number of nitrogens with zero attached hydrogens (tertiary/aromatic N) is 4. The zero-order valence-corrected chi connectivity index (χ0v) is 27.9. The van der Waals surface area contributed by atoms with Gasteiger partial charge in [-0.2, -0.15) is 9.97 Å². The number of halogens is 3. The molecule has 1 N–H and O–H groups in total. The van der Waals surface area contributed by atoms with Crippen molar-refractivity contribution in [2.24, 2.45) is 0 Å². The number of rotatable bonds is 7. The molecule has 1 amide bonds. The van der Waals surface area contributed by atoms with Crippen LogP contribution in [0.3, 0.4) is 0 Å². The normalized spacial score (nSPS) is 28.2. The average Bonchev–Trinajstić information content (AvgIpc) is 3.67. The Hall–Kier alpha value is -3.30. The van der Waals surface area contributed by atoms with Crippen LogP contribution in [-0.2, 0) is 4.79 Å². The highest BCUT2D eigenvalue weighted by Crippen LogP contribution is 2.50. The molecular weight excluding hydrogens is 622 g/mol.